The first kappa shape index (κ1) is 24.6. The fourth-order valence-corrected chi connectivity index (χ4v) is 6.61. The van der Waals surface area contributed by atoms with Gasteiger partial charge in [-0.25, -0.2) is 0 Å². The number of hydrogen-bond donors (Lipinski definition) is 3. The van der Waals surface area contributed by atoms with Gasteiger partial charge in [0, 0.05) is 31.7 Å². The molecule has 2 aromatic rings. The van der Waals surface area contributed by atoms with Crippen molar-refractivity contribution in [2.24, 2.45) is 17.8 Å². The van der Waals surface area contributed by atoms with Gasteiger partial charge in [-0.15, -0.1) is 0 Å². The van der Waals surface area contributed by atoms with Crippen LogP contribution in [0.2, 0.25) is 5.02 Å². The highest BCUT2D eigenvalue weighted by Crippen LogP contribution is 2.48. The Hall–Kier alpha value is -3.06. The molecule has 1 heterocycles. The van der Waals surface area contributed by atoms with Crippen LogP contribution < -0.4 is 20.9 Å². The maximum atomic E-state index is 13.0. The van der Waals surface area contributed by atoms with Crippen LogP contribution in [0.15, 0.2) is 42.5 Å². The molecule has 2 aliphatic carbocycles. The van der Waals surface area contributed by atoms with E-state index < -0.39 is 0 Å². The van der Waals surface area contributed by atoms with Crippen LogP contribution in [0.4, 0.5) is 11.4 Å². The van der Waals surface area contributed by atoms with Gasteiger partial charge >= 0.3 is 0 Å². The number of halogens is 1. The Morgan fingerprint density at radius 1 is 1.00 bits per heavy atom. The molecule has 8 heteroatoms. The highest BCUT2D eigenvalue weighted by molar-refractivity contribution is 6.34. The van der Waals surface area contributed by atoms with Gasteiger partial charge in [0.2, 0.25) is 11.8 Å². The normalized spacial score (nSPS) is 24.6. The Morgan fingerprint density at radius 2 is 1.72 bits per heavy atom. The van der Waals surface area contributed by atoms with E-state index in [1.54, 1.807) is 19.2 Å². The average Bonchev–Trinajstić information content (AvgIpc) is 3.63. The molecule has 2 aromatic carbocycles. The molecule has 36 heavy (non-hydrogen) atoms. The second kappa shape index (κ2) is 10.5. The van der Waals surface area contributed by atoms with E-state index in [-0.39, 0.29) is 36.1 Å². The summed E-state index contributed by atoms with van der Waals surface area (Å²) < 4.78 is 0. The molecule has 0 aromatic heterocycles. The van der Waals surface area contributed by atoms with Crippen LogP contribution in [0.25, 0.3) is 0 Å². The number of anilines is 2. The molecule has 3 aliphatic rings. The molecule has 3 amide bonds. The number of para-hydroxylation sites is 1. The van der Waals surface area contributed by atoms with E-state index in [0.717, 1.165) is 56.4 Å². The van der Waals surface area contributed by atoms with Crippen molar-refractivity contribution in [3.8, 4) is 0 Å². The van der Waals surface area contributed by atoms with Gasteiger partial charge in [0.15, 0.2) is 0 Å². The predicted octanol–water partition coefficient (Wildman–Crippen LogP) is 4.01. The molecule has 1 aliphatic heterocycles. The van der Waals surface area contributed by atoms with Crippen molar-refractivity contribution in [3.63, 3.8) is 0 Å². The van der Waals surface area contributed by atoms with Crippen LogP contribution >= 0.6 is 11.6 Å². The lowest BCUT2D eigenvalue weighted by atomic mass is 9.83. The van der Waals surface area contributed by atoms with Gasteiger partial charge in [-0.3, -0.25) is 14.4 Å². The molecule has 3 N–H and O–H groups in total. The summed E-state index contributed by atoms with van der Waals surface area (Å²) in [4.78, 5) is 40.4. The zero-order chi connectivity index (χ0) is 25.2. The monoisotopic (exact) mass is 508 g/mol. The first-order chi connectivity index (χ1) is 17.4. The molecule has 3 fully saturated rings. The molecular formula is C28H33ClN4O3. The average molecular weight is 509 g/mol. The number of nitrogens with one attached hydrogen (secondary N) is 3. The van der Waals surface area contributed by atoms with Crippen molar-refractivity contribution >= 4 is 40.7 Å². The summed E-state index contributed by atoms with van der Waals surface area (Å²) in [5, 5.41) is 9.54. The smallest absolute Gasteiger partial charge is 0.255 e. The van der Waals surface area contributed by atoms with Gasteiger partial charge in [0.1, 0.15) is 0 Å². The van der Waals surface area contributed by atoms with Crippen LogP contribution in [0.1, 0.15) is 48.0 Å². The number of benzene rings is 2. The van der Waals surface area contributed by atoms with Crippen LogP contribution in [-0.2, 0) is 16.0 Å². The molecule has 0 spiro atoms. The Balaban J connectivity index is 1.21. The van der Waals surface area contributed by atoms with Crippen molar-refractivity contribution < 1.29 is 14.4 Å². The summed E-state index contributed by atoms with van der Waals surface area (Å²) in [5.41, 5.74) is 2.91. The number of hydrogen-bond acceptors (Lipinski definition) is 4. The lowest BCUT2D eigenvalue weighted by Gasteiger charge is -2.30. The summed E-state index contributed by atoms with van der Waals surface area (Å²) >= 11 is 6.47. The van der Waals surface area contributed by atoms with E-state index in [2.05, 4.69) is 20.9 Å². The van der Waals surface area contributed by atoms with E-state index in [9.17, 15) is 14.4 Å². The quantitative estimate of drug-likeness (QED) is 0.527. The van der Waals surface area contributed by atoms with Crippen molar-refractivity contribution in [1.29, 1.82) is 0 Å². The van der Waals surface area contributed by atoms with Crippen LogP contribution in [0.3, 0.4) is 0 Å². The summed E-state index contributed by atoms with van der Waals surface area (Å²) in [6.45, 7) is 1.85. The van der Waals surface area contributed by atoms with Gasteiger partial charge in [-0.2, -0.15) is 0 Å². The minimum absolute atomic E-state index is 0.0236. The number of carbonyl (C=O) groups is 3. The molecule has 2 saturated carbocycles. The molecule has 4 atom stereocenters. The molecule has 190 valence electrons. The maximum absolute atomic E-state index is 13.0. The van der Waals surface area contributed by atoms with Crippen molar-refractivity contribution in [2.45, 2.75) is 44.6 Å². The molecule has 1 saturated heterocycles. The highest BCUT2D eigenvalue weighted by Gasteiger charge is 2.51. The topological polar surface area (TPSA) is 90.5 Å². The fourth-order valence-electron chi connectivity index (χ4n) is 6.31. The second-order valence-electron chi connectivity index (χ2n) is 10.2. The Labute approximate surface area is 217 Å². The lowest BCUT2D eigenvalue weighted by Crippen LogP contribution is -2.49. The summed E-state index contributed by atoms with van der Waals surface area (Å²) in [5.74, 6) is 0.320. The van der Waals surface area contributed by atoms with E-state index in [1.807, 2.05) is 30.3 Å². The van der Waals surface area contributed by atoms with Crippen molar-refractivity contribution in [3.05, 3.63) is 58.6 Å². The Kier molecular flexibility index (Phi) is 7.19. The Morgan fingerprint density at radius 3 is 2.44 bits per heavy atom. The molecule has 0 radical (unpaired) electrons. The first-order valence-corrected chi connectivity index (χ1v) is 13.3. The number of fused-ring (bicyclic) bond motifs is 2. The van der Waals surface area contributed by atoms with Gasteiger partial charge in [0.05, 0.1) is 28.7 Å². The summed E-state index contributed by atoms with van der Waals surface area (Å²) in [6.07, 6.45) is 5.58. The van der Waals surface area contributed by atoms with Crippen LogP contribution in [-0.4, -0.2) is 43.9 Å². The number of rotatable bonds is 7. The minimum Gasteiger partial charge on any atom is -0.369 e. The maximum Gasteiger partial charge on any atom is 0.255 e. The van der Waals surface area contributed by atoms with E-state index in [1.165, 1.54) is 0 Å². The summed E-state index contributed by atoms with van der Waals surface area (Å²) in [6, 6.07) is 12.6. The molecule has 2 bridgehead atoms. The SMILES string of the molecule is CNC(=O)[C@H]1[C@@H]2CC[C@@H](C2)[C@H]1NC(=O)Cc1ccc(C(=O)Nc2cccc(Cl)c2N2CCCC2)cc1. The molecule has 5 rings (SSSR count). The van der Waals surface area contributed by atoms with E-state index in [0.29, 0.717) is 28.1 Å². The van der Waals surface area contributed by atoms with Gasteiger partial charge < -0.3 is 20.9 Å². The number of nitrogens with zero attached hydrogens (tertiary/aromatic N) is 1. The minimum atomic E-state index is -0.218. The third-order valence-electron chi connectivity index (χ3n) is 8.03. The molecule has 7 nitrogen and oxygen atoms in total. The third-order valence-corrected chi connectivity index (χ3v) is 8.34. The largest absolute Gasteiger partial charge is 0.369 e. The van der Waals surface area contributed by atoms with Gasteiger partial charge in [0.25, 0.3) is 5.91 Å². The lowest BCUT2D eigenvalue weighted by molar-refractivity contribution is -0.128. The van der Waals surface area contributed by atoms with Crippen molar-refractivity contribution in [1.82, 2.24) is 10.6 Å². The first-order valence-electron chi connectivity index (χ1n) is 12.9. The Bertz CT molecular complexity index is 1150. The van der Waals surface area contributed by atoms with Crippen LogP contribution in [0.5, 0.6) is 0 Å². The summed E-state index contributed by atoms with van der Waals surface area (Å²) in [7, 11) is 1.66. The zero-order valence-corrected chi connectivity index (χ0v) is 21.3. The zero-order valence-electron chi connectivity index (χ0n) is 20.6. The van der Waals surface area contributed by atoms with E-state index in [4.69, 9.17) is 11.6 Å². The predicted molar refractivity (Wildman–Crippen MR) is 141 cm³/mol. The van der Waals surface area contributed by atoms with Crippen molar-refractivity contribution in [2.75, 3.05) is 30.4 Å². The highest BCUT2D eigenvalue weighted by atomic mass is 35.5. The van der Waals surface area contributed by atoms with Gasteiger partial charge in [-0.05, 0) is 73.8 Å². The fraction of sp³-hybridized carbons (Fsp3) is 0.464. The third kappa shape index (κ3) is 4.94. The van der Waals surface area contributed by atoms with E-state index >= 15 is 0 Å². The van der Waals surface area contributed by atoms with Crippen LogP contribution in [0, 0.1) is 17.8 Å². The standard InChI is InChI=1S/C28H33ClN4O3/c1-30-28(36)24-19-11-12-20(16-19)25(24)32-23(34)15-17-7-9-18(10-8-17)27(35)31-22-6-4-5-21(29)26(22)33-13-2-3-14-33/h4-10,19-20,24-25H,2-3,11-16H2,1H3,(H,30,36)(H,31,35)(H,32,34)/t19-,20+,24+,25-/m1/s1. The molecular weight excluding hydrogens is 476 g/mol. The molecule has 0 unspecified atom stereocenters. The number of amides is 3. The van der Waals surface area contributed by atoms with Gasteiger partial charge in [-0.1, -0.05) is 29.8 Å². The number of carbonyl (C=O) groups excluding carboxylic acids is 3. The second-order valence-corrected chi connectivity index (χ2v) is 10.6.